The monoisotopic (exact) mass is 384 g/mol. The van der Waals surface area contributed by atoms with Gasteiger partial charge >= 0.3 is 5.97 Å². The predicted molar refractivity (Wildman–Crippen MR) is 106 cm³/mol. The summed E-state index contributed by atoms with van der Waals surface area (Å²) in [7, 11) is 0. The molecule has 2 unspecified atom stereocenters. The first-order valence-electron chi connectivity index (χ1n) is 9.68. The minimum atomic E-state index is -0.529. The van der Waals surface area contributed by atoms with Crippen molar-refractivity contribution in [3.05, 3.63) is 71.8 Å². The highest BCUT2D eigenvalue weighted by molar-refractivity contribution is 5.66. The molecule has 2 aromatic carbocycles. The molecule has 1 fully saturated rings. The molecule has 0 amide bonds. The van der Waals surface area contributed by atoms with Crippen LogP contribution in [0.4, 0.5) is 0 Å². The molecule has 1 aliphatic rings. The van der Waals surface area contributed by atoms with Gasteiger partial charge < -0.3 is 18.9 Å². The maximum atomic E-state index is 11.7. The maximum Gasteiger partial charge on any atom is 0.303 e. The van der Waals surface area contributed by atoms with Crippen LogP contribution in [-0.2, 0) is 37.0 Å². The summed E-state index contributed by atoms with van der Waals surface area (Å²) in [6, 6.07) is 19.9. The third kappa shape index (κ3) is 5.41. The van der Waals surface area contributed by atoms with Crippen LogP contribution in [-0.4, -0.2) is 36.5 Å². The van der Waals surface area contributed by atoms with Gasteiger partial charge in [-0.3, -0.25) is 4.79 Å². The van der Waals surface area contributed by atoms with Crippen LogP contribution >= 0.6 is 0 Å². The second kappa shape index (κ2) is 9.82. The molecule has 0 spiro atoms. The highest BCUT2D eigenvalue weighted by Crippen LogP contribution is 2.29. The summed E-state index contributed by atoms with van der Waals surface area (Å²) >= 11 is 0. The molecule has 0 bridgehead atoms. The lowest BCUT2D eigenvalue weighted by molar-refractivity contribution is -0.251. The Kier molecular flexibility index (Phi) is 7.20. The Bertz CT molecular complexity index is 733. The van der Waals surface area contributed by atoms with Crippen molar-refractivity contribution < 1.29 is 23.7 Å². The maximum absolute atomic E-state index is 11.7. The quantitative estimate of drug-likeness (QED) is 0.678. The van der Waals surface area contributed by atoms with Gasteiger partial charge in [-0.2, -0.15) is 0 Å². The summed E-state index contributed by atoms with van der Waals surface area (Å²) in [5.74, 6) is -0.356. The number of ether oxygens (including phenoxy) is 4. The van der Waals surface area contributed by atoms with Crippen molar-refractivity contribution in [3.63, 3.8) is 0 Å². The number of carbonyl (C=O) groups is 1. The fraction of sp³-hybridized carbons (Fsp3) is 0.435. The topological polar surface area (TPSA) is 54.0 Å². The molecular formula is C23H28O5. The van der Waals surface area contributed by atoms with E-state index < -0.39 is 12.2 Å². The molecular weight excluding hydrogens is 356 g/mol. The van der Waals surface area contributed by atoms with Crippen LogP contribution in [0.5, 0.6) is 0 Å². The predicted octanol–water partition coefficient (Wildman–Crippen LogP) is 3.90. The molecule has 150 valence electrons. The fourth-order valence-electron chi connectivity index (χ4n) is 3.52. The largest absolute Gasteiger partial charge is 0.457 e. The van der Waals surface area contributed by atoms with E-state index in [4.69, 9.17) is 18.9 Å². The molecule has 0 N–H and O–H groups in total. The molecule has 28 heavy (non-hydrogen) atoms. The van der Waals surface area contributed by atoms with E-state index in [9.17, 15) is 4.79 Å². The van der Waals surface area contributed by atoms with E-state index in [1.165, 1.54) is 6.92 Å². The smallest absolute Gasteiger partial charge is 0.303 e. The van der Waals surface area contributed by atoms with Crippen LogP contribution in [0.3, 0.4) is 0 Å². The van der Waals surface area contributed by atoms with Crippen LogP contribution < -0.4 is 0 Å². The zero-order chi connectivity index (χ0) is 19.9. The molecule has 3 rings (SSSR count). The minimum absolute atomic E-state index is 0.189. The molecule has 2 aromatic rings. The highest BCUT2D eigenvalue weighted by atomic mass is 16.6. The van der Waals surface area contributed by atoms with E-state index in [1.54, 1.807) is 0 Å². The Hall–Kier alpha value is -2.21. The molecule has 5 heteroatoms. The first-order valence-corrected chi connectivity index (χ1v) is 9.68. The zero-order valence-corrected chi connectivity index (χ0v) is 16.6. The SMILES string of the molecule is CC(=O)O[C@H]1C(OCc2ccccc2)[C@@H](OCc2ccccc2)C(C)O[C@H]1C. The van der Waals surface area contributed by atoms with Crippen LogP contribution in [0.15, 0.2) is 60.7 Å². The standard InChI is InChI=1S/C23H28O5/c1-16-21(25-14-19-10-6-4-7-11-19)23(22(17(2)27-16)28-18(3)24)26-15-20-12-8-5-9-13-20/h4-13,16-17,21-23H,14-15H2,1-3H3/t16?,17-,21-,22+,23?/m0/s1. The average Bonchev–Trinajstić information content (AvgIpc) is 2.69. The van der Waals surface area contributed by atoms with Gasteiger partial charge in [-0.05, 0) is 25.0 Å². The van der Waals surface area contributed by atoms with E-state index in [-0.39, 0.29) is 24.3 Å². The van der Waals surface area contributed by atoms with Crippen LogP contribution in [0.1, 0.15) is 31.9 Å². The van der Waals surface area contributed by atoms with Crippen molar-refractivity contribution in [1.29, 1.82) is 0 Å². The van der Waals surface area contributed by atoms with Crippen molar-refractivity contribution in [2.45, 2.75) is 64.5 Å². The van der Waals surface area contributed by atoms with Crippen molar-refractivity contribution >= 4 is 5.97 Å². The van der Waals surface area contributed by atoms with Gasteiger partial charge in [-0.25, -0.2) is 0 Å². The highest BCUT2D eigenvalue weighted by Gasteiger charge is 2.46. The van der Waals surface area contributed by atoms with Crippen molar-refractivity contribution in [3.8, 4) is 0 Å². The Morgan fingerprint density at radius 2 is 1.25 bits per heavy atom. The third-order valence-electron chi connectivity index (χ3n) is 4.87. The minimum Gasteiger partial charge on any atom is -0.457 e. The van der Waals surface area contributed by atoms with Gasteiger partial charge in [0, 0.05) is 6.92 Å². The van der Waals surface area contributed by atoms with Gasteiger partial charge in [-0.1, -0.05) is 60.7 Å². The lowest BCUT2D eigenvalue weighted by atomic mass is 9.95. The summed E-state index contributed by atoms with van der Waals surface area (Å²) in [5, 5.41) is 0. The van der Waals surface area contributed by atoms with E-state index in [0.717, 1.165) is 11.1 Å². The first kappa shape index (κ1) is 20.5. The summed E-state index contributed by atoms with van der Waals surface area (Å²) in [5.41, 5.74) is 2.12. The van der Waals surface area contributed by atoms with Crippen LogP contribution in [0.2, 0.25) is 0 Å². The van der Waals surface area contributed by atoms with Gasteiger partial charge in [0.1, 0.15) is 12.2 Å². The molecule has 5 atom stereocenters. The van der Waals surface area contributed by atoms with Crippen molar-refractivity contribution in [2.24, 2.45) is 0 Å². The van der Waals surface area contributed by atoms with E-state index >= 15 is 0 Å². The summed E-state index contributed by atoms with van der Waals surface area (Å²) < 4.78 is 24.0. The van der Waals surface area contributed by atoms with Crippen LogP contribution in [0.25, 0.3) is 0 Å². The number of hydrogen-bond donors (Lipinski definition) is 0. The van der Waals surface area contributed by atoms with E-state index in [2.05, 4.69) is 0 Å². The Labute approximate surface area is 166 Å². The summed E-state index contributed by atoms with van der Waals surface area (Å²) in [6.07, 6.45) is -1.78. The van der Waals surface area contributed by atoms with Crippen molar-refractivity contribution in [1.82, 2.24) is 0 Å². The summed E-state index contributed by atoms with van der Waals surface area (Å²) in [4.78, 5) is 11.7. The number of carbonyl (C=O) groups excluding carboxylic acids is 1. The lowest BCUT2D eigenvalue weighted by Crippen LogP contribution is -2.58. The Morgan fingerprint density at radius 1 is 0.786 bits per heavy atom. The van der Waals surface area contributed by atoms with E-state index in [1.807, 2.05) is 74.5 Å². The second-order valence-corrected chi connectivity index (χ2v) is 7.14. The first-order chi connectivity index (χ1) is 13.5. The number of esters is 1. The van der Waals surface area contributed by atoms with Gasteiger partial charge in [0.2, 0.25) is 0 Å². The Morgan fingerprint density at radius 3 is 1.75 bits per heavy atom. The zero-order valence-electron chi connectivity index (χ0n) is 16.6. The molecule has 0 aliphatic carbocycles. The average molecular weight is 384 g/mol. The second-order valence-electron chi connectivity index (χ2n) is 7.14. The van der Waals surface area contributed by atoms with Crippen LogP contribution in [0, 0.1) is 0 Å². The molecule has 5 nitrogen and oxygen atoms in total. The van der Waals surface area contributed by atoms with Crippen molar-refractivity contribution in [2.75, 3.05) is 0 Å². The molecule has 1 saturated heterocycles. The molecule has 0 saturated carbocycles. The lowest BCUT2D eigenvalue weighted by Gasteiger charge is -2.44. The summed E-state index contributed by atoms with van der Waals surface area (Å²) in [6.45, 7) is 6.11. The fourth-order valence-corrected chi connectivity index (χ4v) is 3.52. The van der Waals surface area contributed by atoms with Gasteiger partial charge in [0.05, 0.1) is 25.4 Å². The normalized spacial score (nSPS) is 27.3. The molecule has 0 aromatic heterocycles. The molecule has 1 heterocycles. The third-order valence-corrected chi connectivity index (χ3v) is 4.87. The van der Waals surface area contributed by atoms with Gasteiger partial charge in [-0.15, -0.1) is 0 Å². The number of rotatable bonds is 7. The molecule has 0 radical (unpaired) electrons. The van der Waals surface area contributed by atoms with Gasteiger partial charge in [0.15, 0.2) is 6.10 Å². The Balaban J connectivity index is 1.76. The van der Waals surface area contributed by atoms with E-state index in [0.29, 0.717) is 13.2 Å². The molecule has 1 aliphatic heterocycles. The van der Waals surface area contributed by atoms with Gasteiger partial charge in [0.25, 0.3) is 0 Å². The number of hydrogen-bond acceptors (Lipinski definition) is 5. The number of benzene rings is 2.